The molecule has 0 radical (unpaired) electrons. The van der Waals surface area contributed by atoms with E-state index in [1.165, 1.54) is 0 Å². The summed E-state index contributed by atoms with van der Waals surface area (Å²) in [6.07, 6.45) is 1.54. The SMILES string of the molecule is CCn1c(C2CCN(C(=O)Nc3cccc(Cl)c3)CC2)nn(Cc2ccccc2)c1=O. The summed E-state index contributed by atoms with van der Waals surface area (Å²) in [5.41, 5.74) is 1.64. The first-order valence-electron chi connectivity index (χ1n) is 10.6. The molecule has 8 heteroatoms. The van der Waals surface area contributed by atoms with Gasteiger partial charge in [-0.15, -0.1) is 0 Å². The Balaban J connectivity index is 1.43. The molecule has 1 aliphatic rings. The number of nitrogens with one attached hydrogen (secondary N) is 1. The molecule has 3 aromatic rings. The Kier molecular flexibility index (Phi) is 6.42. The van der Waals surface area contributed by atoms with Gasteiger partial charge in [-0.05, 0) is 43.5 Å². The van der Waals surface area contributed by atoms with Crippen molar-refractivity contribution in [2.75, 3.05) is 18.4 Å². The third-order valence-electron chi connectivity index (χ3n) is 5.67. The number of aromatic nitrogens is 3. The van der Waals surface area contributed by atoms with Crippen LogP contribution in [0.1, 0.15) is 37.1 Å². The van der Waals surface area contributed by atoms with E-state index in [0.717, 1.165) is 24.2 Å². The van der Waals surface area contributed by atoms with E-state index >= 15 is 0 Å². The van der Waals surface area contributed by atoms with Crippen LogP contribution in [-0.2, 0) is 13.1 Å². The minimum absolute atomic E-state index is 0.0810. The van der Waals surface area contributed by atoms with Gasteiger partial charge in [0.2, 0.25) is 0 Å². The van der Waals surface area contributed by atoms with E-state index in [0.29, 0.717) is 36.9 Å². The maximum absolute atomic E-state index is 12.8. The topological polar surface area (TPSA) is 72.2 Å². The van der Waals surface area contributed by atoms with Gasteiger partial charge in [0, 0.05) is 36.3 Å². The van der Waals surface area contributed by atoms with Gasteiger partial charge in [-0.3, -0.25) is 4.57 Å². The van der Waals surface area contributed by atoms with Crippen molar-refractivity contribution in [1.82, 2.24) is 19.2 Å². The van der Waals surface area contributed by atoms with Crippen LogP contribution in [0, 0.1) is 0 Å². The second-order valence-electron chi connectivity index (χ2n) is 7.73. The normalized spacial score (nSPS) is 14.6. The average Bonchev–Trinajstić information content (AvgIpc) is 3.09. The molecule has 0 unspecified atom stereocenters. The van der Waals surface area contributed by atoms with Gasteiger partial charge in [-0.2, -0.15) is 5.10 Å². The largest absolute Gasteiger partial charge is 0.346 e. The van der Waals surface area contributed by atoms with Gasteiger partial charge in [0.1, 0.15) is 5.82 Å². The van der Waals surface area contributed by atoms with E-state index in [9.17, 15) is 9.59 Å². The molecular formula is C23H26ClN5O2. The average molecular weight is 440 g/mol. The number of halogens is 1. The quantitative estimate of drug-likeness (QED) is 0.648. The molecule has 1 N–H and O–H groups in total. The lowest BCUT2D eigenvalue weighted by Crippen LogP contribution is -2.41. The van der Waals surface area contributed by atoms with Crippen LogP contribution in [-0.4, -0.2) is 38.4 Å². The molecule has 0 saturated carbocycles. The number of anilines is 1. The summed E-state index contributed by atoms with van der Waals surface area (Å²) in [7, 11) is 0. The minimum Gasteiger partial charge on any atom is -0.324 e. The lowest BCUT2D eigenvalue weighted by Gasteiger charge is -2.31. The fourth-order valence-corrected chi connectivity index (χ4v) is 4.22. The van der Waals surface area contributed by atoms with Crippen molar-refractivity contribution < 1.29 is 4.79 Å². The Morgan fingerprint density at radius 2 is 1.87 bits per heavy atom. The third-order valence-corrected chi connectivity index (χ3v) is 5.90. The van der Waals surface area contributed by atoms with Gasteiger partial charge in [0.15, 0.2) is 0 Å². The zero-order valence-electron chi connectivity index (χ0n) is 17.5. The van der Waals surface area contributed by atoms with Gasteiger partial charge >= 0.3 is 11.7 Å². The Morgan fingerprint density at radius 3 is 2.55 bits per heavy atom. The Hall–Kier alpha value is -3.06. The lowest BCUT2D eigenvalue weighted by molar-refractivity contribution is 0.192. The Labute approximate surface area is 186 Å². The lowest BCUT2D eigenvalue weighted by atomic mass is 9.96. The van der Waals surface area contributed by atoms with Crippen molar-refractivity contribution in [3.05, 3.63) is 81.5 Å². The summed E-state index contributed by atoms with van der Waals surface area (Å²) in [4.78, 5) is 27.3. The molecule has 0 bridgehead atoms. The van der Waals surface area contributed by atoms with Crippen molar-refractivity contribution in [1.29, 1.82) is 0 Å². The first kappa shape index (κ1) is 21.2. The van der Waals surface area contributed by atoms with Crippen molar-refractivity contribution in [2.24, 2.45) is 0 Å². The van der Waals surface area contributed by atoms with Crippen molar-refractivity contribution in [3.8, 4) is 0 Å². The second kappa shape index (κ2) is 9.39. The zero-order valence-corrected chi connectivity index (χ0v) is 18.3. The highest BCUT2D eigenvalue weighted by Crippen LogP contribution is 2.27. The third kappa shape index (κ3) is 4.82. The van der Waals surface area contributed by atoms with E-state index in [4.69, 9.17) is 11.6 Å². The molecule has 2 amide bonds. The highest BCUT2D eigenvalue weighted by molar-refractivity contribution is 6.30. The van der Waals surface area contributed by atoms with Crippen LogP contribution in [0.25, 0.3) is 0 Å². The summed E-state index contributed by atoms with van der Waals surface area (Å²) in [6, 6.07) is 16.8. The van der Waals surface area contributed by atoms with Gasteiger partial charge in [0.25, 0.3) is 0 Å². The van der Waals surface area contributed by atoms with Crippen LogP contribution in [0.5, 0.6) is 0 Å². The van der Waals surface area contributed by atoms with Crippen molar-refractivity contribution in [2.45, 2.75) is 38.8 Å². The fourth-order valence-electron chi connectivity index (χ4n) is 4.03. The molecule has 162 valence electrons. The molecule has 4 rings (SSSR count). The number of carbonyl (C=O) groups is 1. The number of rotatable bonds is 5. The number of hydrogen-bond donors (Lipinski definition) is 1. The number of piperidine rings is 1. The van der Waals surface area contributed by atoms with Crippen LogP contribution < -0.4 is 11.0 Å². The van der Waals surface area contributed by atoms with Gasteiger partial charge in [0.05, 0.1) is 6.54 Å². The monoisotopic (exact) mass is 439 g/mol. The van der Waals surface area contributed by atoms with E-state index in [1.54, 1.807) is 32.3 Å². The van der Waals surface area contributed by atoms with Crippen LogP contribution in [0.4, 0.5) is 10.5 Å². The number of benzene rings is 2. The molecule has 0 spiro atoms. The summed E-state index contributed by atoms with van der Waals surface area (Å²) in [5.74, 6) is 0.971. The number of nitrogens with zero attached hydrogens (tertiary/aromatic N) is 4. The predicted octanol–water partition coefficient (Wildman–Crippen LogP) is 4.18. The fraction of sp³-hybridized carbons (Fsp3) is 0.348. The number of carbonyl (C=O) groups excluding carboxylic acids is 1. The number of hydrogen-bond acceptors (Lipinski definition) is 3. The highest BCUT2D eigenvalue weighted by Gasteiger charge is 2.28. The summed E-state index contributed by atoms with van der Waals surface area (Å²) in [5, 5.41) is 8.16. The summed E-state index contributed by atoms with van der Waals surface area (Å²) >= 11 is 5.99. The Morgan fingerprint density at radius 1 is 1.13 bits per heavy atom. The summed E-state index contributed by atoms with van der Waals surface area (Å²) < 4.78 is 3.31. The standard InChI is InChI=1S/C23H26ClN5O2/c1-2-28-21(26-29(23(28)31)16-17-7-4-3-5-8-17)18-11-13-27(14-12-18)22(30)25-20-10-6-9-19(24)15-20/h3-10,15,18H,2,11-14,16H2,1H3,(H,25,30). The van der Waals surface area contributed by atoms with Crippen LogP contribution in [0.15, 0.2) is 59.4 Å². The zero-order chi connectivity index (χ0) is 21.8. The van der Waals surface area contributed by atoms with Crippen molar-refractivity contribution in [3.63, 3.8) is 0 Å². The molecule has 1 aliphatic heterocycles. The second-order valence-corrected chi connectivity index (χ2v) is 8.17. The molecule has 1 fully saturated rings. The maximum atomic E-state index is 12.8. The number of likely N-dealkylation sites (tertiary alicyclic amines) is 1. The smallest absolute Gasteiger partial charge is 0.324 e. The summed E-state index contributed by atoms with van der Waals surface area (Å²) in [6.45, 7) is 4.23. The van der Waals surface area contributed by atoms with E-state index in [1.807, 2.05) is 43.3 Å². The molecule has 1 aromatic heterocycles. The minimum atomic E-state index is -0.136. The number of urea groups is 1. The van der Waals surface area contributed by atoms with Crippen LogP contribution >= 0.6 is 11.6 Å². The molecule has 31 heavy (non-hydrogen) atoms. The van der Waals surface area contributed by atoms with E-state index < -0.39 is 0 Å². The molecule has 1 saturated heterocycles. The molecule has 2 aromatic carbocycles. The van der Waals surface area contributed by atoms with Crippen LogP contribution in [0.2, 0.25) is 5.02 Å². The molecular weight excluding hydrogens is 414 g/mol. The first-order valence-corrected chi connectivity index (χ1v) is 11.0. The van der Waals surface area contributed by atoms with Crippen LogP contribution in [0.3, 0.4) is 0 Å². The predicted molar refractivity (Wildman–Crippen MR) is 122 cm³/mol. The van der Waals surface area contributed by atoms with Gasteiger partial charge in [-0.1, -0.05) is 48.0 Å². The molecule has 2 heterocycles. The molecule has 7 nitrogen and oxygen atoms in total. The molecule has 0 aliphatic carbocycles. The molecule has 0 atom stereocenters. The highest BCUT2D eigenvalue weighted by atomic mass is 35.5. The van der Waals surface area contributed by atoms with Gasteiger partial charge < -0.3 is 10.2 Å². The first-order chi connectivity index (χ1) is 15.0. The van der Waals surface area contributed by atoms with E-state index in [-0.39, 0.29) is 17.6 Å². The maximum Gasteiger partial charge on any atom is 0.346 e. The Bertz CT molecular complexity index is 1100. The van der Waals surface area contributed by atoms with E-state index in [2.05, 4.69) is 10.4 Å². The van der Waals surface area contributed by atoms with Crippen molar-refractivity contribution >= 4 is 23.3 Å². The van der Waals surface area contributed by atoms with Gasteiger partial charge in [-0.25, -0.2) is 14.3 Å². The number of amides is 2.